The van der Waals surface area contributed by atoms with Gasteiger partial charge < -0.3 is 18.9 Å². The van der Waals surface area contributed by atoms with Gasteiger partial charge in [-0.05, 0) is 0 Å². The monoisotopic (exact) mass is 382 g/mol. The molecule has 1 aromatic rings. The van der Waals surface area contributed by atoms with Gasteiger partial charge in [-0.2, -0.15) is 0 Å². The standard InChI is InChI=1S/C12H16Br2O4/c1-15-9-7(5-13)11(17-3)12(18-4)8(6-14)10(9)16-2/h5-6H2,1-4H3. The zero-order valence-corrected chi connectivity index (χ0v) is 14.0. The molecule has 4 nitrogen and oxygen atoms in total. The van der Waals surface area contributed by atoms with Crippen molar-refractivity contribution in [3.8, 4) is 23.0 Å². The summed E-state index contributed by atoms with van der Waals surface area (Å²) in [5.74, 6) is 2.62. The van der Waals surface area contributed by atoms with E-state index in [1.165, 1.54) is 0 Å². The summed E-state index contributed by atoms with van der Waals surface area (Å²) in [5.41, 5.74) is 1.72. The maximum Gasteiger partial charge on any atom is 0.169 e. The molecule has 0 aromatic heterocycles. The van der Waals surface area contributed by atoms with E-state index in [0.717, 1.165) is 11.1 Å². The largest absolute Gasteiger partial charge is 0.492 e. The molecule has 0 bridgehead atoms. The van der Waals surface area contributed by atoms with E-state index in [-0.39, 0.29) is 0 Å². The molecule has 0 aliphatic carbocycles. The number of methoxy groups -OCH3 is 4. The Morgan fingerprint density at radius 1 is 0.611 bits per heavy atom. The molecule has 0 radical (unpaired) electrons. The van der Waals surface area contributed by atoms with Crippen molar-refractivity contribution in [2.75, 3.05) is 28.4 Å². The van der Waals surface area contributed by atoms with Gasteiger partial charge in [-0.1, -0.05) is 31.9 Å². The highest BCUT2D eigenvalue weighted by atomic mass is 79.9. The molecule has 0 spiro atoms. The number of halogens is 2. The van der Waals surface area contributed by atoms with E-state index >= 15 is 0 Å². The second kappa shape index (κ2) is 7.09. The summed E-state index contributed by atoms with van der Waals surface area (Å²) in [7, 11) is 6.42. The molecule has 0 saturated carbocycles. The van der Waals surface area contributed by atoms with Crippen LogP contribution in [0.4, 0.5) is 0 Å². The van der Waals surface area contributed by atoms with Crippen LogP contribution in [0.1, 0.15) is 11.1 Å². The van der Waals surface area contributed by atoms with Gasteiger partial charge in [0.2, 0.25) is 0 Å². The van der Waals surface area contributed by atoms with Crippen LogP contribution in [-0.4, -0.2) is 28.4 Å². The smallest absolute Gasteiger partial charge is 0.169 e. The van der Waals surface area contributed by atoms with Gasteiger partial charge in [0.1, 0.15) is 0 Å². The maximum atomic E-state index is 5.43. The fraction of sp³-hybridized carbons (Fsp3) is 0.500. The fourth-order valence-corrected chi connectivity index (χ4v) is 2.88. The van der Waals surface area contributed by atoms with Crippen LogP contribution >= 0.6 is 31.9 Å². The van der Waals surface area contributed by atoms with E-state index in [1.54, 1.807) is 28.4 Å². The minimum atomic E-state index is 0.578. The molecule has 0 saturated heterocycles. The van der Waals surface area contributed by atoms with Crippen molar-refractivity contribution in [1.29, 1.82) is 0 Å². The lowest BCUT2D eigenvalue weighted by Gasteiger charge is -2.21. The van der Waals surface area contributed by atoms with Crippen molar-refractivity contribution in [3.05, 3.63) is 11.1 Å². The SMILES string of the molecule is COc1c(CBr)c(OC)c(OC)c(CBr)c1OC. The van der Waals surface area contributed by atoms with Gasteiger partial charge in [0.25, 0.3) is 0 Å². The van der Waals surface area contributed by atoms with Gasteiger partial charge >= 0.3 is 0 Å². The summed E-state index contributed by atoms with van der Waals surface area (Å²) < 4.78 is 21.7. The molecular formula is C12H16Br2O4. The summed E-state index contributed by atoms with van der Waals surface area (Å²) in [5, 5.41) is 1.16. The van der Waals surface area contributed by atoms with Crippen LogP contribution < -0.4 is 18.9 Å². The Bertz CT molecular complexity index is 301. The summed E-state index contributed by atoms with van der Waals surface area (Å²) >= 11 is 6.86. The van der Waals surface area contributed by atoms with Crippen LogP contribution in [0.25, 0.3) is 0 Å². The average Bonchev–Trinajstić information content (AvgIpc) is 2.43. The maximum absolute atomic E-state index is 5.43. The number of ether oxygens (including phenoxy) is 4. The normalized spacial score (nSPS) is 10.1. The van der Waals surface area contributed by atoms with E-state index < -0.39 is 0 Å². The van der Waals surface area contributed by atoms with Gasteiger partial charge in [-0.25, -0.2) is 0 Å². The van der Waals surface area contributed by atoms with Crippen molar-refractivity contribution in [2.45, 2.75) is 10.7 Å². The molecule has 0 amide bonds. The van der Waals surface area contributed by atoms with Crippen LogP contribution in [0, 0.1) is 0 Å². The van der Waals surface area contributed by atoms with Gasteiger partial charge in [-0.15, -0.1) is 0 Å². The van der Waals surface area contributed by atoms with Crippen molar-refractivity contribution < 1.29 is 18.9 Å². The van der Waals surface area contributed by atoms with Crippen LogP contribution in [0.15, 0.2) is 0 Å². The van der Waals surface area contributed by atoms with Crippen molar-refractivity contribution in [2.24, 2.45) is 0 Å². The van der Waals surface area contributed by atoms with E-state index in [0.29, 0.717) is 33.7 Å². The number of rotatable bonds is 6. The predicted molar refractivity (Wildman–Crippen MR) is 77.9 cm³/mol. The van der Waals surface area contributed by atoms with E-state index in [9.17, 15) is 0 Å². The topological polar surface area (TPSA) is 36.9 Å². The van der Waals surface area contributed by atoms with E-state index in [4.69, 9.17) is 18.9 Å². The molecular weight excluding hydrogens is 368 g/mol. The lowest BCUT2D eigenvalue weighted by Crippen LogP contribution is -2.04. The molecule has 1 aromatic carbocycles. The van der Waals surface area contributed by atoms with Gasteiger partial charge in [0.05, 0.1) is 39.6 Å². The highest BCUT2D eigenvalue weighted by Crippen LogP contribution is 2.49. The van der Waals surface area contributed by atoms with Crippen LogP contribution in [0.3, 0.4) is 0 Å². The Hall–Kier alpha value is -0.620. The van der Waals surface area contributed by atoms with E-state index in [1.807, 2.05) is 0 Å². The minimum Gasteiger partial charge on any atom is -0.492 e. The molecule has 6 heteroatoms. The molecule has 102 valence electrons. The number of alkyl halides is 2. The summed E-state index contributed by atoms with van der Waals surface area (Å²) in [4.78, 5) is 0. The third kappa shape index (κ3) is 2.54. The van der Waals surface area contributed by atoms with Crippen LogP contribution in [0.2, 0.25) is 0 Å². The Balaban J connectivity index is 3.71. The van der Waals surface area contributed by atoms with Gasteiger partial charge in [-0.3, -0.25) is 0 Å². The van der Waals surface area contributed by atoms with Crippen LogP contribution in [0.5, 0.6) is 23.0 Å². The molecule has 0 aliphatic heterocycles. The van der Waals surface area contributed by atoms with Crippen molar-refractivity contribution >= 4 is 31.9 Å². The first-order valence-electron chi connectivity index (χ1n) is 5.19. The fourth-order valence-electron chi connectivity index (χ4n) is 1.86. The number of hydrogen-bond donors (Lipinski definition) is 0. The van der Waals surface area contributed by atoms with E-state index in [2.05, 4.69) is 31.9 Å². The third-order valence-electron chi connectivity index (χ3n) is 2.59. The highest BCUT2D eigenvalue weighted by Gasteiger charge is 2.25. The molecule has 1 rings (SSSR count). The molecule has 0 N–H and O–H groups in total. The van der Waals surface area contributed by atoms with Crippen LogP contribution in [-0.2, 0) is 10.7 Å². The van der Waals surface area contributed by atoms with Gasteiger partial charge in [0.15, 0.2) is 23.0 Å². The van der Waals surface area contributed by atoms with Crippen molar-refractivity contribution in [3.63, 3.8) is 0 Å². The Morgan fingerprint density at radius 2 is 0.833 bits per heavy atom. The zero-order valence-electron chi connectivity index (χ0n) is 10.8. The van der Waals surface area contributed by atoms with Gasteiger partial charge in [0, 0.05) is 10.7 Å². The Labute approximate surface area is 124 Å². The first-order valence-corrected chi connectivity index (χ1v) is 7.43. The molecule has 0 aliphatic rings. The lowest BCUT2D eigenvalue weighted by molar-refractivity contribution is 0.321. The first-order chi connectivity index (χ1) is 8.69. The lowest BCUT2D eigenvalue weighted by atomic mass is 10.1. The molecule has 0 atom stereocenters. The summed E-state index contributed by atoms with van der Waals surface area (Å²) in [6.45, 7) is 0. The molecule has 0 fully saturated rings. The molecule has 0 heterocycles. The first kappa shape index (κ1) is 15.4. The quantitative estimate of drug-likeness (QED) is 0.704. The molecule has 0 unspecified atom stereocenters. The second-order valence-electron chi connectivity index (χ2n) is 3.36. The minimum absolute atomic E-state index is 0.578. The summed E-state index contributed by atoms with van der Waals surface area (Å²) in [6, 6.07) is 0. The molecule has 18 heavy (non-hydrogen) atoms. The summed E-state index contributed by atoms with van der Waals surface area (Å²) in [6.07, 6.45) is 0. The third-order valence-corrected chi connectivity index (χ3v) is 3.71. The van der Waals surface area contributed by atoms with Crippen molar-refractivity contribution in [1.82, 2.24) is 0 Å². The Morgan fingerprint density at radius 3 is 0.944 bits per heavy atom. The number of benzene rings is 1. The Kier molecular flexibility index (Phi) is 6.08. The highest BCUT2D eigenvalue weighted by molar-refractivity contribution is 9.08. The average molecular weight is 384 g/mol. The predicted octanol–water partition coefficient (Wildman–Crippen LogP) is 3.51. The second-order valence-corrected chi connectivity index (χ2v) is 4.48. The number of hydrogen-bond acceptors (Lipinski definition) is 4. The zero-order chi connectivity index (χ0) is 13.7.